The SMILES string of the molecule is CCCCC(C1=CC=C(C(=O)NCC(N)=NNN)CC1)N1C(=O)C(c2cc(Cl)cc(Cl)c2)=NC12CCC(C(C)(C)C)CC2. The second kappa shape index (κ2) is 13.8. The maximum absolute atomic E-state index is 14.5. The number of nitrogens with one attached hydrogen (secondary N) is 2. The van der Waals surface area contributed by atoms with Gasteiger partial charge < -0.3 is 16.0 Å². The zero-order chi connectivity index (χ0) is 31.4. The Bertz CT molecular complexity index is 1320. The number of nitrogens with two attached hydrogens (primary N) is 2. The number of amides is 2. The average molecular weight is 631 g/mol. The molecule has 2 aliphatic carbocycles. The van der Waals surface area contributed by atoms with Crippen LogP contribution in [0.4, 0.5) is 0 Å². The molecule has 234 valence electrons. The molecule has 0 saturated heterocycles. The Morgan fingerprint density at radius 1 is 1.16 bits per heavy atom. The number of rotatable bonds is 10. The first-order valence-electron chi connectivity index (χ1n) is 15.2. The molecule has 2 amide bonds. The van der Waals surface area contributed by atoms with Gasteiger partial charge in [-0.2, -0.15) is 5.10 Å². The maximum atomic E-state index is 14.5. The number of carbonyl (C=O) groups is 2. The highest BCUT2D eigenvalue weighted by atomic mass is 35.5. The number of hydrazine groups is 1. The molecule has 1 atom stereocenters. The van der Waals surface area contributed by atoms with Crippen molar-refractivity contribution in [2.45, 2.75) is 97.2 Å². The predicted octanol–water partition coefficient (Wildman–Crippen LogP) is 5.61. The van der Waals surface area contributed by atoms with E-state index in [-0.39, 0.29) is 35.7 Å². The number of hydrogen-bond acceptors (Lipinski definition) is 6. The first kappa shape index (κ1) is 33.0. The second-order valence-electron chi connectivity index (χ2n) is 12.9. The highest BCUT2D eigenvalue weighted by Crippen LogP contribution is 2.49. The second-order valence-corrected chi connectivity index (χ2v) is 13.8. The number of unbranched alkanes of at least 4 members (excludes halogenated alkanes) is 1. The Morgan fingerprint density at radius 3 is 2.40 bits per heavy atom. The van der Waals surface area contributed by atoms with Gasteiger partial charge in [0.1, 0.15) is 17.2 Å². The molecular weight excluding hydrogens is 585 g/mol. The van der Waals surface area contributed by atoms with E-state index in [1.807, 2.05) is 12.2 Å². The van der Waals surface area contributed by atoms with Crippen LogP contribution in [0.25, 0.3) is 0 Å². The zero-order valence-corrected chi connectivity index (χ0v) is 27.2. The lowest BCUT2D eigenvalue weighted by Crippen LogP contribution is -2.55. The van der Waals surface area contributed by atoms with Crippen molar-refractivity contribution < 1.29 is 9.59 Å². The molecule has 1 aliphatic heterocycles. The summed E-state index contributed by atoms with van der Waals surface area (Å²) in [6.07, 6.45) is 11.5. The van der Waals surface area contributed by atoms with Gasteiger partial charge in [-0.1, -0.05) is 75.9 Å². The summed E-state index contributed by atoms with van der Waals surface area (Å²) in [5, 5.41) is 7.40. The van der Waals surface area contributed by atoms with Crippen LogP contribution >= 0.6 is 23.2 Å². The molecule has 43 heavy (non-hydrogen) atoms. The fourth-order valence-electron chi connectivity index (χ4n) is 6.63. The molecule has 1 aromatic rings. The monoisotopic (exact) mass is 629 g/mol. The van der Waals surface area contributed by atoms with Crippen LogP contribution in [0.15, 0.2) is 51.6 Å². The van der Waals surface area contributed by atoms with Gasteiger partial charge in [0.2, 0.25) is 5.91 Å². The van der Waals surface area contributed by atoms with Crippen LogP contribution in [0, 0.1) is 11.3 Å². The van der Waals surface area contributed by atoms with Crippen LogP contribution < -0.4 is 22.4 Å². The predicted molar refractivity (Wildman–Crippen MR) is 175 cm³/mol. The van der Waals surface area contributed by atoms with Gasteiger partial charge in [-0.05, 0) is 80.1 Å². The van der Waals surface area contributed by atoms with E-state index in [2.05, 4.69) is 48.5 Å². The van der Waals surface area contributed by atoms with E-state index in [1.165, 1.54) is 0 Å². The van der Waals surface area contributed by atoms with Gasteiger partial charge in [0.25, 0.3) is 5.91 Å². The third-order valence-electron chi connectivity index (χ3n) is 9.02. The van der Waals surface area contributed by atoms with Crippen molar-refractivity contribution >= 4 is 46.6 Å². The zero-order valence-electron chi connectivity index (χ0n) is 25.7. The Labute approximate surface area is 265 Å². The molecule has 1 spiro atoms. The van der Waals surface area contributed by atoms with Crippen molar-refractivity contribution in [3.63, 3.8) is 0 Å². The number of hydrazone groups is 1. The molecule has 3 aliphatic rings. The molecule has 1 fully saturated rings. The van der Waals surface area contributed by atoms with Crippen molar-refractivity contribution in [1.29, 1.82) is 0 Å². The number of allylic oxidation sites excluding steroid dienone is 2. The van der Waals surface area contributed by atoms with Crippen LogP contribution in [-0.2, 0) is 9.59 Å². The third-order valence-corrected chi connectivity index (χ3v) is 9.46. The van der Waals surface area contributed by atoms with Crippen LogP contribution in [-0.4, -0.2) is 46.5 Å². The van der Waals surface area contributed by atoms with E-state index in [0.29, 0.717) is 45.7 Å². The van der Waals surface area contributed by atoms with E-state index in [9.17, 15) is 9.59 Å². The minimum absolute atomic E-state index is 0.0784. The normalized spacial score (nSPS) is 23.6. The number of amidine groups is 1. The molecule has 1 aromatic carbocycles. The molecule has 0 aromatic heterocycles. The van der Waals surface area contributed by atoms with Gasteiger partial charge in [0.05, 0.1) is 12.6 Å². The fraction of sp³-hybridized carbons (Fsp3) is 0.562. The van der Waals surface area contributed by atoms with E-state index < -0.39 is 5.66 Å². The van der Waals surface area contributed by atoms with E-state index in [1.54, 1.807) is 18.2 Å². The lowest BCUT2D eigenvalue weighted by molar-refractivity contribution is -0.132. The molecule has 1 heterocycles. The number of hydrogen-bond donors (Lipinski definition) is 4. The Morgan fingerprint density at radius 2 is 1.84 bits per heavy atom. The van der Waals surface area contributed by atoms with E-state index in [4.69, 9.17) is 39.8 Å². The topological polar surface area (TPSA) is 138 Å². The van der Waals surface area contributed by atoms with Crippen molar-refractivity contribution in [3.8, 4) is 0 Å². The number of nitrogens with zero attached hydrogens (tertiary/aromatic N) is 3. The number of carbonyl (C=O) groups excluding carboxylic acids is 2. The van der Waals surface area contributed by atoms with E-state index >= 15 is 0 Å². The molecule has 1 unspecified atom stereocenters. The largest absolute Gasteiger partial charge is 0.384 e. The van der Waals surface area contributed by atoms with Gasteiger partial charge in [-0.25, -0.2) is 11.4 Å². The van der Waals surface area contributed by atoms with Crippen molar-refractivity contribution in [3.05, 3.63) is 57.1 Å². The Balaban J connectivity index is 1.69. The Kier molecular flexibility index (Phi) is 10.6. The first-order chi connectivity index (χ1) is 20.4. The highest BCUT2D eigenvalue weighted by Gasteiger charge is 2.53. The number of aliphatic imine (C=N–C) groups is 1. The Hall–Kier alpha value is -2.88. The minimum atomic E-state index is -0.628. The number of benzene rings is 1. The highest BCUT2D eigenvalue weighted by molar-refractivity contribution is 6.48. The summed E-state index contributed by atoms with van der Waals surface area (Å²) < 4.78 is 0. The molecule has 0 bridgehead atoms. The molecule has 4 rings (SSSR count). The van der Waals surface area contributed by atoms with E-state index in [0.717, 1.165) is 50.5 Å². The molecular formula is C32H45Cl2N7O2. The lowest BCUT2D eigenvalue weighted by atomic mass is 9.69. The van der Waals surface area contributed by atoms with Gasteiger partial charge >= 0.3 is 0 Å². The minimum Gasteiger partial charge on any atom is -0.384 e. The summed E-state index contributed by atoms with van der Waals surface area (Å²) in [7, 11) is 0. The fourth-order valence-corrected chi connectivity index (χ4v) is 7.15. The summed E-state index contributed by atoms with van der Waals surface area (Å²) in [4.78, 5) is 34.6. The van der Waals surface area contributed by atoms with Gasteiger partial charge in [-0.3, -0.25) is 14.6 Å². The summed E-state index contributed by atoms with van der Waals surface area (Å²) in [6, 6.07) is 5.09. The van der Waals surface area contributed by atoms with Crippen LogP contribution in [0.1, 0.15) is 91.0 Å². The number of halogens is 2. The summed E-state index contributed by atoms with van der Waals surface area (Å²) in [5.41, 5.74) is 10.3. The molecule has 6 N–H and O–H groups in total. The smallest absolute Gasteiger partial charge is 0.275 e. The molecule has 0 radical (unpaired) electrons. The molecule has 1 saturated carbocycles. The first-order valence-corrected chi connectivity index (χ1v) is 16.0. The third kappa shape index (κ3) is 7.62. The van der Waals surface area contributed by atoms with Crippen molar-refractivity contribution in [2.24, 2.45) is 33.0 Å². The summed E-state index contributed by atoms with van der Waals surface area (Å²) in [5.74, 6) is 5.61. The molecule has 9 nitrogen and oxygen atoms in total. The quantitative estimate of drug-likeness (QED) is 0.115. The summed E-state index contributed by atoms with van der Waals surface area (Å²) >= 11 is 12.7. The van der Waals surface area contributed by atoms with Crippen LogP contribution in [0.2, 0.25) is 10.0 Å². The average Bonchev–Trinajstić information content (AvgIpc) is 3.23. The van der Waals surface area contributed by atoms with Gasteiger partial charge in [-0.15, -0.1) is 0 Å². The van der Waals surface area contributed by atoms with Crippen molar-refractivity contribution in [2.75, 3.05) is 6.54 Å². The standard InChI is InChI=1S/C32H45Cl2N7O2/c1-5-6-7-26(20-8-10-21(11-9-20)29(42)37-19-27(35)39-40-36)41-30(43)28(22-16-24(33)18-25(34)17-22)38-32(41)14-12-23(13-15-32)31(2,3)4/h8,10,16-18,23,26,40H,5-7,9,11-15,19,36H2,1-4H3,(H2,35,39)(H,37,42). The lowest BCUT2D eigenvalue weighted by Gasteiger charge is -2.48. The van der Waals surface area contributed by atoms with Crippen molar-refractivity contribution in [1.82, 2.24) is 15.8 Å². The maximum Gasteiger partial charge on any atom is 0.275 e. The van der Waals surface area contributed by atoms with Crippen LogP contribution in [0.3, 0.4) is 0 Å². The van der Waals surface area contributed by atoms with Gasteiger partial charge in [0.15, 0.2) is 0 Å². The summed E-state index contributed by atoms with van der Waals surface area (Å²) in [6.45, 7) is 9.13. The van der Waals surface area contributed by atoms with Crippen LogP contribution in [0.5, 0.6) is 0 Å². The van der Waals surface area contributed by atoms with Gasteiger partial charge in [0, 0.05) is 21.2 Å². The molecule has 11 heteroatoms.